The molecular formula is C20H16N9NaO7S2. The Morgan fingerprint density at radius 3 is 2.82 bits per heavy atom. The smallest absolute Gasteiger partial charge is 0.546 e. The Hall–Kier alpha value is -3.58. The van der Waals surface area contributed by atoms with E-state index in [-0.39, 0.29) is 58.5 Å². The molecule has 0 aliphatic carbocycles. The number of aromatic nitrogens is 5. The van der Waals surface area contributed by atoms with Crippen LogP contribution in [0.1, 0.15) is 5.82 Å². The fraction of sp³-hybridized carbons (Fsp3) is 0.250. The summed E-state index contributed by atoms with van der Waals surface area (Å²) in [6, 6.07) is 2.44. The van der Waals surface area contributed by atoms with Gasteiger partial charge < -0.3 is 35.7 Å². The summed E-state index contributed by atoms with van der Waals surface area (Å²) in [5.74, 6) is -4.73. The van der Waals surface area contributed by atoms with E-state index in [0.717, 1.165) is 16.4 Å². The number of nitrogens with one attached hydrogen (secondary N) is 1. The van der Waals surface area contributed by atoms with Crippen molar-refractivity contribution in [3.05, 3.63) is 47.8 Å². The zero-order chi connectivity index (χ0) is 27.0. The Kier molecular flexibility index (Phi) is 8.50. The number of fused-ring (bicyclic) bond motifs is 2. The number of rotatable bonds is 9. The van der Waals surface area contributed by atoms with Gasteiger partial charge in [-0.3, -0.25) is 14.5 Å². The van der Waals surface area contributed by atoms with E-state index in [0.29, 0.717) is 11.2 Å². The van der Waals surface area contributed by atoms with E-state index in [2.05, 4.69) is 29.8 Å². The van der Waals surface area contributed by atoms with Crippen LogP contribution in [-0.4, -0.2) is 77.1 Å². The molecule has 3 aromatic heterocycles. The number of β-lactam (4-membered cyclic amide) rings is 1. The van der Waals surface area contributed by atoms with Crippen molar-refractivity contribution in [2.75, 3.05) is 18.1 Å². The van der Waals surface area contributed by atoms with E-state index in [9.17, 15) is 29.4 Å². The number of carboxylic acids is 2. The third-order valence-electron chi connectivity index (χ3n) is 5.53. The summed E-state index contributed by atoms with van der Waals surface area (Å²) in [7, 11) is 0. The molecule has 5 rings (SSSR count). The molecule has 1 fully saturated rings. The molecular weight excluding hydrogens is 565 g/mol. The van der Waals surface area contributed by atoms with Gasteiger partial charge in [0, 0.05) is 28.9 Å². The number of aliphatic carboxylic acids is 2. The molecule has 19 heteroatoms. The molecule has 3 aromatic rings. The normalized spacial score (nSPS) is 18.7. The quantitative estimate of drug-likeness (QED) is 0.0790. The van der Waals surface area contributed by atoms with E-state index in [1.54, 1.807) is 33.7 Å². The van der Waals surface area contributed by atoms with Gasteiger partial charge in [0.15, 0.2) is 17.9 Å². The second-order valence-electron chi connectivity index (χ2n) is 7.89. The maximum absolute atomic E-state index is 13.0. The van der Waals surface area contributed by atoms with Crippen LogP contribution in [-0.2, 0) is 30.6 Å². The number of oxime groups is 1. The van der Waals surface area contributed by atoms with Crippen LogP contribution in [0.5, 0.6) is 0 Å². The van der Waals surface area contributed by atoms with Crippen molar-refractivity contribution in [2.45, 2.75) is 18.0 Å². The van der Waals surface area contributed by atoms with Crippen LogP contribution in [0.15, 0.2) is 47.1 Å². The fourth-order valence-electron chi connectivity index (χ4n) is 3.94. The van der Waals surface area contributed by atoms with Crippen molar-refractivity contribution in [1.29, 1.82) is 0 Å². The number of nitrogens with zero attached hydrogens (tertiary/aromatic N) is 7. The minimum absolute atomic E-state index is 0. The number of nitrogens with two attached hydrogens (primary N) is 1. The van der Waals surface area contributed by atoms with Crippen molar-refractivity contribution < 1.29 is 68.4 Å². The Morgan fingerprint density at radius 1 is 1.33 bits per heavy atom. The van der Waals surface area contributed by atoms with E-state index in [1.807, 2.05) is 6.07 Å². The van der Waals surface area contributed by atoms with Crippen molar-refractivity contribution in [3.8, 4) is 0 Å². The van der Waals surface area contributed by atoms with Crippen molar-refractivity contribution >= 4 is 63.5 Å². The molecule has 2 atom stereocenters. The van der Waals surface area contributed by atoms with E-state index < -0.39 is 47.5 Å². The molecule has 0 aromatic carbocycles. The van der Waals surface area contributed by atoms with Gasteiger partial charge in [0.05, 0.1) is 23.8 Å². The first-order chi connectivity index (χ1) is 18.2. The molecule has 3 N–H and O–H groups in total. The van der Waals surface area contributed by atoms with E-state index >= 15 is 0 Å². The van der Waals surface area contributed by atoms with E-state index in [1.165, 1.54) is 11.8 Å². The number of carbonyl (C=O) groups is 4. The minimum Gasteiger partial charge on any atom is -0.546 e. The maximum atomic E-state index is 13.0. The number of amides is 2. The Morgan fingerprint density at radius 2 is 2.13 bits per heavy atom. The third kappa shape index (κ3) is 5.59. The topological polar surface area (TPSA) is 224 Å². The maximum Gasteiger partial charge on any atom is 1.00 e. The summed E-state index contributed by atoms with van der Waals surface area (Å²) in [6.07, 6.45) is 5.07. The van der Waals surface area contributed by atoms with E-state index in [4.69, 9.17) is 5.73 Å². The first-order valence-electron chi connectivity index (χ1n) is 10.7. The number of carboxylic acid groups (broad SMARTS) is 2. The average molecular weight is 582 g/mol. The predicted octanol–water partition coefficient (Wildman–Crippen LogP) is -7.37. The van der Waals surface area contributed by atoms with Crippen molar-refractivity contribution in [3.63, 3.8) is 0 Å². The number of thioether (sulfide) groups is 1. The molecule has 0 radical (unpaired) electrons. The molecule has 196 valence electrons. The van der Waals surface area contributed by atoms with Crippen LogP contribution in [0, 0.1) is 0 Å². The summed E-state index contributed by atoms with van der Waals surface area (Å²) < 4.78 is 7.27. The Balaban J connectivity index is 0.00000353. The Bertz CT molecular complexity index is 1540. The van der Waals surface area contributed by atoms with Gasteiger partial charge in [-0.1, -0.05) is 10.3 Å². The molecule has 0 saturated carbocycles. The summed E-state index contributed by atoms with van der Waals surface area (Å²) in [6.45, 7) is -0.770. The first-order valence-corrected chi connectivity index (χ1v) is 12.6. The minimum atomic E-state index is -1.58. The van der Waals surface area contributed by atoms with Gasteiger partial charge in [0.25, 0.3) is 11.8 Å². The largest absolute Gasteiger partial charge is 1.00 e. The number of hydrogen-bond acceptors (Lipinski definition) is 14. The summed E-state index contributed by atoms with van der Waals surface area (Å²) in [5, 5.41) is 32.1. The molecule has 1 saturated heterocycles. The van der Waals surface area contributed by atoms with Gasteiger partial charge in [0.2, 0.25) is 11.5 Å². The van der Waals surface area contributed by atoms with Crippen LogP contribution < -0.4 is 55.4 Å². The monoisotopic (exact) mass is 581 g/mol. The number of carbonyl (C=O) groups excluding carboxylic acids is 4. The number of hydrogen-bond donors (Lipinski definition) is 2. The van der Waals surface area contributed by atoms with Gasteiger partial charge in [-0.2, -0.15) is 9.36 Å². The van der Waals surface area contributed by atoms with Crippen LogP contribution in [0.2, 0.25) is 0 Å². The second-order valence-corrected chi connectivity index (χ2v) is 9.78. The predicted molar refractivity (Wildman–Crippen MR) is 124 cm³/mol. The van der Waals surface area contributed by atoms with Crippen LogP contribution in [0.3, 0.4) is 0 Å². The SMILES string of the molecule is Nc1nc(/C(=N\OCC(=O)[O-])C(=O)N[C@@H]2C(=O)N3C(C(=O)[O-])=C(C[n+]4ccn5ncccc54)CS[C@H]23)ns1.[Na+]. The zero-order valence-electron chi connectivity index (χ0n) is 20.0. The number of nitrogen functional groups attached to an aromatic ring is 1. The standard InChI is InChI=1S/C20H17N9O7S2.Na/c21-20-24-15(26-38-20)12(25-36-7-11(30)31)16(32)23-13-17(33)29-14(19(34)35)9(8-37-18(13)29)6-27-4-5-28-10(27)2-1-3-22-28;/h1-5,13,18H,6-8H2,(H4-,21,23,24,26,30,31,32,34,35);/q;+1/p-1/b25-12+;/t13-,18-;/m1./s1. The summed E-state index contributed by atoms with van der Waals surface area (Å²) in [4.78, 5) is 58.2. The van der Waals surface area contributed by atoms with Crippen LogP contribution in [0.25, 0.3) is 5.65 Å². The fourth-order valence-corrected chi connectivity index (χ4v) is 5.71. The zero-order valence-corrected chi connectivity index (χ0v) is 23.7. The average Bonchev–Trinajstić information content (AvgIpc) is 3.50. The van der Waals surface area contributed by atoms with Crippen molar-refractivity contribution in [2.24, 2.45) is 5.16 Å². The van der Waals surface area contributed by atoms with Gasteiger partial charge >= 0.3 is 35.2 Å². The molecule has 5 heterocycles. The van der Waals surface area contributed by atoms with Gasteiger partial charge in [-0.15, -0.1) is 16.3 Å². The molecule has 2 amide bonds. The summed E-state index contributed by atoms with van der Waals surface area (Å²) >= 11 is 2.02. The van der Waals surface area contributed by atoms with Crippen LogP contribution in [0.4, 0.5) is 5.13 Å². The molecule has 39 heavy (non-hydrogen) atoms. The molecule has 0 spiro atoms. The first kappa shape index (κ1) is 28.4. The third-order valence-corrected chi connectivity index (χ3v) is 7.42. The number of imidazole rings is 1. The summed E-state index contributed by atoms with van der Waals surface area (Å²) in [5.41, 5.74) is 5.94. The van der Waals surface area contributed by atoms with Crippen LogP contribution >= 0.6 is 23.3 Å². The van der Waals surface area contributed by atoms with Gasteiger partial charge in [0.1, 0.15) is 24.2 Å². The molecule has 0 bridgehead atoms. The molecule has 16 nitrogen and oxygen atoms in total. The van der Waals surface area contributed by atoms with Gasteiger partial charge in [-0.25, -0.2) is 4.57 Å². The molecule has 2 aliphatic heterocycles. The molecule has 2 aliphatic rings. The molecule has 0 unspecified atom stereocenters. The number of anilines is 1. The van der Waals surface area contributed by atoms with Gasteiger partial charge in [-0.05, 0) is 6.07 Å². The van der Waals surface area contributed by atoms with Crippen molar-refractivity contribution in [1.82, 2.24) is 29.2 Å². The second kappa shape index (κ2) is 11.7. The Labute approximate surface area is 249 Å².